The van der Waals surface area contributed by atoms with E-state index in [0.717, 1.165) is 12.8 Å². The van der Waals surface area contributed by atoms with Crippen LogP contribution in [0.25, 0.3) is 0 Å². The Balaban J connectivity index is 2.66. The number of hydrogen-bond acceptors (Lipinski definition) is 0. The van der Waals surface area contributed by atoms with Crippen molar-refractivity contribution < 1.29 is 15.3 Å². The van der Waals surface area contributed by atoms with Gasteiger partial charge >= 0.3 is 197 Å². The zero-order valence-electron chi connectivity index (χ0n) is 21.0. The Hall–Kier alpha value is 0.627. The SMILES string of the molecule is CC(C)CC1=C[CH]([Hf]([Cl])([Cl])([CH]2C=C(CC(C)C)C=C2C(C)C)[SiH](C)C)C(C(C)C)=C1. The van der Waals surface area contributed by atoms with Crippen molar-refractivity contribution in [2.45, 2.75) is 88.7 Å². The second kappa shape index (κ2) is 9.86. The van der Waals surface area contributed by atoms with E-state index in [2.05, 4.69) is 92.8 Å². The van der Waals surface area contributed by atoms with Crippen LogP contribution in [-0.2, 0) is 15.3 Å². The van der Waals surface area contributed by atoms with Crippen LogP contribution < -0.4 is 0 Å². The third-order valence-corrected chi connectivity index (χ3v) is 80.2. The maximum absolute atomic E-state index is 8.10. The Labute approximate surface area is 196 Å². The first-order valence-corrected chi connectivity index (χ1v) is 34.3. The molecule has 0 N–H and O–H groups in total. The Morgan fingerprint density at radius 2 is 1.07 bits per heavy atom. The van der Waals surface area contributed by atoms with Crippen LogP contribution in [0.4, 0.5) is 0 Å². The molecule has 0 bridgehead atoms. The van der Waals surface area contributed by atoms with E-state index < -0.39 is 21.3 Å². The van der Waals surface area contributed by atoms with E-state index in [1.54, 1.807) is 0 Å². The third-order valence-electron chi connectivity index (χ3n) is 7.10. The molecule has 0 radical (unpaired) electrons. The average Bonchev–Trinajstić information content (AvgIpc) is 3.19. The first-order valence-electron chi connectivity index (χ1n) is 12.1. The molecule has 2 unspecified atom stereocenters. The van der Waals surface area contributed by atoms with Crippen LogP contribution in [0.1, 0.15) is 68.2 Å². The Morgan fingerprint density at radius 1 is 0.733 bits per heavy atom. The molecule has 0 saturated carbocycles. The first-order chi connectivity index (χ1) is 13.7. The summed E-state index contributed by atoms with van der Waals surface area (Å²) in [6.45, 7) is 23.4. The van der Waals surface area contributed by atoms with Crippen LogP contribution in [0.3, 0.4) is 0 Å². The molecule has 0 heterocycles. The van der Waals surface area contributed by atoms with Gasteiger partial charge in [0.05, 0.1) is 0 Å². The van der Waals surface area contributed by atoms with Gasteiger partial charge in [0.1, 0.15) is 0 Å². The predicted molar refractivity (Wildman–Crippen MR) is 139 cm³/mol. The van der Waals surface area contributed by atoms with Gasteiger partial charge in [0, 0.05) is 0 Å². The minimum absolute atomic E-state index is 0.299. The number of rotatable bonds is 9. The molecule has 0 spiro atoms. The molecule has 0 saturated heterocycles. The molecule has 0 aromatic carbocycles. The van der Waals surface area contributed by atoms with Crippen LogP contribution in [0, 0.1) is 23.7 Å². The Kier molecular flexibility index (Phi) is 8.83. The Bertz CT molecular complexity index is 708. The summed E-state index contributed by atoms with van der Waals surface area (Å²) in [6.07, 6.45) is 12.3. The van der Waals surface area contributed by atoms with Crippen molar-refractivity contribution in [1.82, 2.24) is 0 Å². The van der Waals surface area contributed by atoms with E-state index in [1.807, 2.05) is 0 Å². The molecule has 2 atom stereocenters. The van der Waals surface area contributed by atoms with E-state index in [9.17, 15) is 0 Å². The summed E-state index contributed by atoms with van der Waals surface area (Å²) in [5.74, 6) is 0.954. The zero-order valence-corrected chi connectivity index (χ0v) is 27.3. The molecule has 4 heteroatoms. The summed E-state index contributed by atoms with van der Waals surface area (Å²) in [5.41, 5.74) is 5.97. The van der Waals surface area contributed by atoms with Gasteiger partial charge in [-0.3, -0.25) is 0 Å². The quantitative estimate of drug-likeness (QED) is 0.222. The van der Waals surface area contributed by atoms with Crippen molar-refractivity contribution in [3.63, 3.8) is 0 Å². The van der Waals surface area contributed by atoms with Gasteiger partial charge in [0.2, 0.25) is 0 Å². The van der Waals surface area contributed by atoms with Crippen molar-refractivity contribution in [2.24, 2.45) is 23.7 Å². The zero-order chi connectivity index (χ0) is 23.0. The van der Waals surface area contributed by atoms with E-state index in [4.69, 9.17) is 17.2 Å². The van der Waals surface area contributed by atoms with Gasteiger partial charge in [-0.2, -0.15) is 0 Å². The number of halogens is 2. The average molecular weight is 635 g/mol. The van der Waals surface area contributed by atoms with Gasteiger partial charge < -0.3 is 0 Å². The normalized spacial score (nSPS) is 24.0. The summed E-state index contributed by atoms with van der Waals surface area (Å²) < 4.78 is 0.597. The van der Waals surface area contributed by atoms with Crippen LogP contribution in [0.2, 0.25) is 20.4 Å². The molecule has 0 fully saturated rings. The van der Waals surface area contributed by atoms with Crippen LogP contribution in [-0.4, -0.2) is 5.98 Å². The van der Waals surface area contributed by atoms with Crippen molar-refractivity contribution >= 4 is 23.1 Å². The number of allylic oxidation sites excluding steroid dienone is 8. The summed E-state index contributed by atoms with van der Waals surface area (Å²) in [7, 11) is 16.2. The standard InChI is InChI=1S/2C12H19.C2H7Si.2ClH.Hf/c2*1-9(2)7-11-5-6-12(8-11)10(3)4;1-3-2;;;/h2*5-6,8-10H,7H2,1-4H3;3H,1-2H3;2*1H;/q;;;;;+2/p-2. The molecule has 0 aromatic rings. The van der Waals surface area contributed by atoms with Crippen molar-refractivity contribution in [3.8, 4) is 0 Å². The molecule has 30 heavy (non-hydrogen) atoms. The molecular formula is C26H45Cl2HfSi. The predicted octanol–water partition coefficient (Wildman–Crippen LogP) is 9.68. The molecule has 0 amide bonds. The van der Waals surface area contributed by atoms with E-state index in [0.29, 0.717) is 31.0 Å². The molecule has 2 aliphatic carbocycles. The van der Waals surface area contributed by atoms with Crippen LogP contribution in [0.5, 0.6) is 0 Å². The van der Waals surface area contributed by atoms with Gasteiger partial charge in [-0.25, -0.2) is 0 Å². The van der Waals surface area contributed by atoms with Gasteiger partial charge in [0.25, 0.3) is 0 Å². The summed E-state index contributed by atoms with van der Waals surface area (Å²) in [6, 6.07) is 0. The van der Waals surface area contributed by atoms with Gasteiger partial charge in [-0.15, -0.1) is 0 Å². The number of hydrogen-bond donors (Lipinski definition) is 0. The molecule has 2 rings (SSSR count). The molecule has 0 aliphatic heterocycles. The Morgan fingerprint density at radius 3 is 1.30 bits per heavy atom. The third kappa shape index (κ3) is 5.23. The van der Waals surface area contributed by atoms with Crippen LogP contribution >= 0.6 is 17.2 Å². The topological polar surface area (TPSA) is 0 Å². The molecular weight excluding hydrogens is 590 g/mol. The molecule has 171 valence electrons. The fraction of sp³-hybridized carbons (Fsp3) is 0.692. The molecule has 0 aromatic heterocycles. The van der Waals surface area contributed by atoms with E-state index in [1.165, 1.54) is 22.3 Å². The summed E-state index contributed by atoms with van der Waals surface area (Å²) >= 11 is -4.42. The fourth-order valence-electron chi connectivity index (χ4n) is 5.44. The van der Waals surface area contributed by atoms with E-state index in [-0.39, 0.29) is 0 Å². The minimum atomic E-state index is -4.42. The van der Waals surface area contributed by atoms with Gasteiger partial charge in [-0.1, -0.05) is 0 Å². The van der Waals surface area contributed by atoms with Crippen molar-refractivity contribution in [2.75, 3.05) is 0 Å². The van der Waals surface area contributed by atoms with E-state index >= 15 is 0 Å². The second-order valence-electron chi connectivity index (χ2n) is 11.6. The van der Waals surface area contributed by atoms with Gasteiger partial charge in [0.15, 0.2) is 0 Å². The van der Waals surface area contributed by atoms with Crippen LogP contribution in [0.15, 0.2) is 46.6 Å². The molecule has 2 aliphatic rings. The summed E-state index contributed by atoms with van der Waals surface area (Å²) in [4.78, 5) is 0. The van der Waals surface area contributed by atoms with Gasteiger partial charge in [-0.05, 0) is 0 Å². The van der Waals surface area contributed by atoms with Crippen molar-refractivity contribution in [3.05, 3.63) is 46.6 Å². The first kappa shape index (κ1) is 26.9. The second-order valence-corrected chi connectivity index (χ2v) is 71.2. The maximum atomic E-state index is 8.10. The fourth-order valence-corrected chi connectivity index (χ4v) is 46.1. The summed E-state index contributed by atoms with van der Waals surface area (Å²) in [5, 5.41) is 0. The monoisotopic (exact) mass is 635 g/mol. The van der Waals surface area contributed by atoms with Crippen molar-refractivity contribution in [1.29, 1.82) is 0 Å². The molecule has 0 nitrogen and oxygen atoms in total.